The van der Waals surface area contributed by atoms with Crippen molar-refractivity contribution < 1.29 is 4.79 Å². The first-order valence-corrected chi connectivity index (χ1v) is 6.68. The molecule has 1 aliphatic rings. The topological polar surface area (TPSA) is 23.6 Å². The van der Waals surface area contributed by atoms with Crippen LogP contribution in [0.25, 0.3) is 0 Å². The number of likely N-dealkylation sites (tertiary alicyclic amines) is 1. The summed E-state index contributed by atoms with van der Waals surface area (Å²) in [6.07, 6.45) is 2.98. The van der Waals surface area contributed by atoms with E-state index in [9.17, 15) is 4.79 Å². The second-order valence-electron chi connectivity index (χ2n) is 4.96. The van der Waals surface area contributed by atoms with Gasteiger partial charge in [0.15, 0.2) is 0 Å². The summed E-state index contributed by atoms with van der Waals surface area (Å²) in [4.78, 5) is 15.7. The van der Waals surface area contributed by atoms with E-state index < -0.39 is 0 Å². The van der Waals surface area contributed by atoms with Crippen molar-refractivity contribution in [3.05, 3.63) is 34.9 Å². The Kier molecular flexibility index (Phi) is 4.12. The van der Waals surface area contributed by atoms with Crippen LogP contribution < -0.4 is 0 Å². The van der Waals surface area contributed by atoms with Gasteiger partial charge < -0.3 is 9.80 Å². The van der Waals surface area contributed by atoms with Crippen LogP contribution in [0.3, 0.4) is 0 Å². The van der Waals surface area contributed by atoms with Gasteiger partial charge in [0.05, 0.1) is 0 Å². The van der Waals surface area contributed by atoms with Crippen LogP contribution in [0.5, 0.6) is 0 Å². The van der Waals surface area contributed by atoms with Crippen LogP contribution in [0.1, 0.15) is 18.4 Å². The first kappa shape index (κ1) is 13.2. The van der Waals surface area contributed by atoms with Crippen molar-refractivity contribution in [2.45, 2.75) is 25.3 Å². The first-order valence-electron chi connectivity index (χ1n) is 6.31. The number of hydrogen-bond donors (Lipinski definition) is 0. The Hall–Kier alpha value is -1.22. The number of carbonyl (C=O) groups excluding carboxylic acids is 1. The predicted molar refractivity (Wildman–Crippen MR) is 74.0 cm³/mol. The average molecular weight is 267 g/mol. The van der Waals surface area contributed by atoms with Crippen molar-refractivity contribution in [1.82, 2.24) is 9.80 Å². The third-order valence-electron chi connectivity index (χ3n) is 3.42. The lowest BCUT2D eigenvalue weighted by molar-refractivity contribution is 0.165. The number of halogens is 1. The standard InChI is InChI=1S/C14H19ClN2O/c1-16(2)14(18)17-9-5-7-12(17)10-11-6-3-4-8-13(11)15/h3-4,6,8,12H,5,7,9-10H2,1-2H3. The highest BCUT2D eigenvalue weighted by atomic mass is 35.5. The molecule has 1 aromatic rings. The predicted octanol–water partition coefficient (Wildman–Crippen LogP) is 3.03. The molecule has 0 aliphatic carbocycles. The maximum absolute atomic E-state index is 12.0. The van der Waals surface area contributed by atoms with Crippen LogP contribution in [0, 0.1) is 0 Å². The second kappa shape index (κ2) is 5.61. The van der Waals surface area contributed by atoms with E-state index in [1.807, 2.05) is 29.2 Å². The Balaban J connectivity index is 2.09. The Labute approximate surface area is 113 Å². The summed E-state index contributed by atoms with van der Waals surface area (Å²) in [6, 6.07) is 8.25. The molecule has 1 fully saturated rings. The molecule has 1 heterocycles. The molecule has 98 valence electrons. The highest BCUT2D eigenvalue weighted by molar-refractivity contribution is 6.31. The van der Waals surface area contributed by atoms with E-state index in [-0.39, 0.29) is 12.1 Å². The minimum atomic E-state index is 0.101. The van der Waals surface area contributed by atoms with Crippen molar-refractivity contribution >= 4 is 17.6 Å². The molecule has 18 heavy (non-hydrogen) atoms. The molecule has 0 saturated carbocycles. The number of carbonyl (C=O) groups is 1. The van der Waals surface area contributed by atoms with Gasteiger partial charge >= 0.3 is 6.03 Å². The van der Waals surface area contributed by atoms with Crippen molar-refractivity contribution in [3.8, 4) is 0 Å². The Morgan fingerprint density at radius 1 is 1.44 bits per heavy atom. The van der Waals surface area contributed by atoms with Gasteiger partial charge in [-0.1, -0.05) is 29.8 Å². The highest BCUT2D eigenvalue weighted by Gasteiger charge is 2.29. The SMILES string of the molecule is CN(C)C(=O)N1CCCC1Cc1ccccc1Cl. The molecule has 2 amide bonds. The fraction of sp³-hybridized carbons (Fsp3) is 0.500. The van der Waals surface area contributed by atoms with Crippen LogP contribution >= 0.6 is 11.6 Å². The fourth-order valence-corrected chi connectivity index (χ4v) is 2.69. The van der Waals surface area contributed by atoms with E-state index in [0.717, 1.165) is 36.4 Å². The third kappa shape index (κ3) is 2.78. The van der Waals surface area contributed by atoms with Gasteiger partial charge in [0.2, 0.25) is 0 Å². The van der Waals surface area contributed by atoms with Gasteiger partial charge in [-0.2, -0.15) is 0 Å². The van der Waals surface area contributed by atoms with E-state index in [4.69, 9.17) is 11.6 Å². The number of rotatable bonds is 2. The van der Waals surface area contributed by atoms with Crippen molar-refractivity contribution in [3.63, 3.8) is 0 Å². The Bertz CT molecular complexity index is 434. The molecule has 2 rings (SSSR count). The van der Waals surface area contributed by atoms with Gasteiger partial charge in [-0.3, -0.25) is 0 Å². The van der Waals surface area contributed by atoms with Crippen molar-refractivity contribution in [2.75, 3.05) is 20.6 Å². The summed E-state index contributed by atoms with van der Waals surface area (Å²) in [5, 5.41) is 0.793. The normalized spacial score (nSPS) is 19.1. The van der Waals surface area contributed by atoms with Gasteiger partial charge in [0.25, 0.3) is 0 Å². The maximum Gasteiger partial charge on any atom is 0.319 e. The lowest BCUT2D eigenvalue weighted by atomic mass is 10.0. The van der Waals surface area contributed by atoms with Gasteiger partial charge in [0.1, 0.15) is 0 Å². The molecule has 3 nitrogen and oxygen atoms in total. The van der Waals surface area contributed by atoms with Gasteiger partial charge in [-0.15, -0.1) is 0 Å². The monoisotopic (exact) mass is 266 g/mol. The van der Waals surface area contributed by atoms with Crippen LogP contribution in [-0.4, -0.2) is 42.5 Å². The first-order chi connectivity index (χ1) is 8.59. The van der Waals surface area contributed by atoms with Crippen molar-refractivity contribution in [2.24, 2.45) is 0 Å². The number of benzene rings is 1. The van der Waals surface area contributed by atoms with E-state index in [1.165, 1.54) is 0 Å². The molecular weight excluding hydrogens is 248 g/mol. The molecule has 1 aromatic carbocycles. The quantitative estimate of drug-likeness (QED) is 0.807. The number of amides is 2. The van der Waals surface area contributed by atoms with E-state index in [1.54, 1.807) is 19.0 Å². The molecule has 0 spiro atoms. The fourth-order valence-electron chi connectivity index (χ4n) is 2.47. The molecule has 1 saturated heterocycles. The summed E-state index contributed by atoms with van der Waals surface area (Å²) in [5.74, 6) is 0. The Morgan fingerprint density at radius 3 is 2.83 bits per heavy atom. The summed E-state index contributed by atoms with van der Waals surface area (Å²) >= 11 is 6.18. The molecule has 0 N–H and O–H groups in total. The zero-order chi connectivity index (χ0) is 13.1. The second-order valence-corrected chi connectivity index (χ2v) is 5.37. The average Bonchev–Trinajstić information content (AvgIpc) is 2.79. The molecule has 1 aliphatic heterocycles. The molecule has 4 heteroatoms. The zero-order valence-corrected chi connectivity index (χ0v) is 11.7. The minimum absolute atomic E-state index is 0.101. The van der Waals surface area contributed by atoms with E-state index in [0.29, 0.717) is 0 Å². The minimum Gasteiger partial charge on any atom is -0.331 e. The maximum atomic E-state index is 12.0. The number of urea groups is 1. The summed E-state index contributed by atoms with van der Waals surface area (Å²) in [7, 11) is 3.60. The third-order valence-corrected chi connectivity index (χ3v) is 3.79. The van der Waals surface area contributed by atoms with Crippen LogP contribution in [-0.2, 0) is 6.42 Å². The van der Waals surface area contributed by atoms with E-state index in [2.05, 4.69) is 0 Å². The van der Waals surface area contributed by atoms with E-state index >= 15 is 0 Å². The number of nitrogens with zero attached hydrogens (tertiary/aromatic N) is 2. The molecule has 0 aromatic heterocycles. The summed E-state index contributed by atoms with van der Waals surface area (Å²) in [5.41, 5.74) is 1.13. The highest BCUT2D eigenvalue weighted by Crippen LogP contribution is 2.25. The van der Waals surface area contributed by atoms with Crippen LogP contribution in [0.2, 0.25) is 5.02 Å². The van der Waals surface area contributed by atoms with Crippen LogP contribution in [0.4, 0.5) is 4.79 Å². The largest absolute Gasteiger partial charge is 0.331 e. The molecular formula is C14H19ClN2O. The van der Waals surface area contributed by atoms with Crippen LogP contribution in [0.15, 0.2) is 24.3 Å². The Morgan fingerprint density at radius 2 is 2.17 bits per heavy atom. The number of hydrogen-bond acceptors (Lipinski definition) is 1. The summed E-state index contributed by atoms with van der Waals surface area (Å²) < 4.78 is 0. The lowest BCUT2D eigenvalue weighted by Gasteiger charge is -2.28. The lowest BCUT2D eigenvalue weighted by Crippen LogP contribution is -2.42. The van der Waals surface area contributed by atoms with Gasteiger partial charge in [0, 0.05) is 31.7 Å². The summed E-state index contributed by atoms with van der Waals surface area (Å²) in [6.45, 7) is 0.853. The van der Waals surface area contributed by atoms with Crippen molar-refractivity contribution in [1.29, 1.82) is 0 Å². The molecule has 0 radical (unpaired) electrons. The smallest absolute Gasteiger partial charge is 0.319 e. The molecule has 1 atom stereocenters. The molecule has 0 bridgehead atoms. The molecule has 1 unspecified atom stereocenters. The van der Waals surface area contributed by atoms with Gasteiger partial charge in [-0.05, 0) is 30.9 Å². The van der Waals surface area contributed by atoms with Gasteiger partial charge in [-0.25, -0.2) is 4.79 Å². The zero-order valence-electron chi connectivity index (χ0n) is 10.9.